The summed E-state index contributed by atoms with van der Waals surface area (Å²) in [6, 6.07) is 16.6. The fraction of sp³-hybridized carbons (Fsp3) is 0.154. The Morgan fingerprint density at radius 1 is 1.11 bits per heavy atom. The molecule has 37 heavy (non-hydrogen) atoms. The van der Waals surface area contributed by atoms with Gasteiger partial charge < -0.3 is 15.4 Å². The van der Waals surface area contributed by atoms with E-state index < -0.39 is 10.0 Å². The lowest BCUT2D eigenvalue weighted by atomic mass is 10.1. The first-order chi connectivity index (χ1) is 17.8. The number of thiazole rings is 1. The molecule has 1 aliphatic heterocycles. The number of rotatable bonds is 7. The highest BCUT2D eigenvalue weighted by Gasteiger charge is 2.31. The van der Waals surface area contributed by atoms with E-state index in [1.807, 2.05) is 24.6 Å². The number of carbonyl (C=O) groups is 1. The normalized spacial score (nSPS) is 12.8. The van der Waals surface area contributed by atoms with Gasteiger partial charge in [-0.1, -0.05) is 11.6 Å². The summed E-state index contributed by atoms with van der Waals surface area (Å²) >= 11 is 7.40. The van der Waals surface area contributed by atoms with Crippen LogP contribution in [0, 0.1) is 0 Å². The Balaban J connectivity index is 1.39. The summed E-state index contributed by atoms with van der Waals surface area (Å²) in [5.74, 6) is 0.189. The molecule has 11 heteroatoms. The minimum Gasteiger partial charge on any atom is -0.495 e. The van der Waals surface area contributed by atoms with Gasteiger partial charge in [-0.3, -0.25) is 9.10 Å². The molecule has 2 N–H and O–H groups in total. The van der Waals surface area contributed by atoms with Crippen LogP contribution in [0.5, 0.6) is 5.75 Å². The third kappa shape index (κ3) is 4.87. The second-order valence-electron chi connectivity index (χ2n) is 8.28. The van der Waals surface area contributed by atoms with Gasteiger partial charge in [0, 0.05) is 35.1 Å². The molecule has 0 spiro atoms. The molecule has 4 aromatic rings. The number of nitrogens with one attached hydrogen (secondary N) is 2. The first kappa shape index (κ1) is 25.1. The number of hydrogen-bond acceptors (Lipinski definition) is 7. The number of benzene rings is 3. The van der Waals surface area contributed by atoms with Crippen molar-refractivity contribution in [1.29, 1.82) is 0 Å². The van der Waals surface area contributed by atoms with Crippen LogP contribution in [0.15, 0.2) is 70.9 Å². The summed E-state index contributed by atoms with van der Waals surface area (Å²) in [5.41, 5.74) is 3.90. The van der Waals surface area contributed by atoms with Crippen LogP contribution in [-0.4, -0.2) is 40.0 Å². The van der Waals surface area contributed by atoms with Gasteiger partial charge in [-0.2, -0.15) is 0 Å². The van der Waals surface area contributed by atoms with Crippen molar-refractivity contribution in [2.75, 3.05) is 35.6 Å². The van der Waals surface area contributed by atoms with Crippen LogP contribution in [0.25, 0.3) is 11.3 Å². The van der Waals surface area contributed by atoms with Crippen molar-refractivity contribution in [2.24, 2.45) is 0 Å². The van der Waals surface area contributed by atoms with E-state index in [1.165, 1.54) is 34.9 Å². The van der Waals surface area contributed by atoms with Crippen molar-refractivity contribution in [3.8, 4) is 17.0 Å². The number of sulfonamides is 1. The predicted molar refractivity (Wildman–Crippen MR) is 148 cm³/mol. The number of fused-ring (bicyclic) bond motifs is 1. The van der Waals surface area contributed by atoms with Gasteiger partial charge in [-0.05, 0) is 72.6 Å². The van der Waals surface area contributed by atoms with Crippen LogP contribution >= 0.6 is 22.9 Å². The fourth-order valence-electron chi connectivity index (χ4n) is 4.18. The maximum absolute atomic E-state index is 13.2. The summed E-state index contributed by atoms with van der Waals surface area (Å²) < 4.78 is 33.2. The molecular formula is C26H23ClN4O4S2. The molecule has 8 nitrogen and oxygen atoms in total. The lowest BCUT2D eigenvalue weighted by molar-refractivity contribution is 0.102. The minimum atomic E-state index is -3.74. The number of ether oxygens (including phenoxy) is 1. The van der Waals surface area contributed by atoms with Crippen LogP contribution < -0.4 is 19.7 Å². The number of amides is 1. The zero-order valence-electron chi connectivity index (χ0n) is 20.0. The number of carbonyl (C=O) groups excluding carboxylic acids is 1. The van der Waals surface area contributed by atoms with Gasteiger partial charge in [-0.15, -0.1) is 11.3 Å². The van der Waals surface area contributed by atoms with Crippen molar-refractivity contribution < 1.29 is 17.9 Å². The first-order valence-corrected chi connectivity index (χ1v) is 14.0. The summed E-state index contributed by atoms with van der Waals surface area (Å²) in [7, 11) is -0.393. The van der Waals surface area contributed by atoms with E-state index in [0.717, 1.165) is 22.0 Å². The summed E-state index contributed by atoms with van der Waals surface area (Å²) in [4.78, 5) is 17.9. The van der Waals surface area contributed by atoms with Crippen molar-refractivity contribution in [3.05, 3.63) is 82.2 Å². The molecule has 0 radical (unpaired) electrons. The summed E-state index contributed by atoms with van der Waals surface area (Å²) in [6.07, 6.45) is 0.500. The fourth-order valence-corrected chi connectivity index (χ4v) is 6.49. The van der Waals surface area contributed by atoms with Crippen LogP contribution in [0.1, 0.15) is 15.9 Å². The van der Waals surface area contributed by atoms with E-state index >= 15 is 0 Å². The van der Waals surface area contributed by atoms with Crippen molar-refractivity contribution in [2.45, 2.75) is 11.3 Å². The molecule has 0 fully saturated rings. The van der Waals surface area contributed by atoms with Crippen LogP contribution in [0.3, 0.4) is 0 Å². The SMILES string of the molecule is CNc1nc(-c2ccc(OC)c(NC(=O)c3ccc4c(c3)CCN4S(=O)(=O)c3ccc(Cl)cc3)c2)cs1. The third-order valence-corrected chi connectivity index (χ3v) is 9.00. The largest absolute Gasteiger partial charge is 0.495 e. The zero-order valence-corrected chi connectivity index (χ0v) is 22.4. The van der Waals surface area contributed by atoms with Gasteiger partial charge >= 0.3 is 0 Å². The zero-order chi connectivity index (χ0) is 26.2. The van der Waals surface area contributed by atoms with Gasteiger partial charge in [0.05, 0.1) is 29.1 Å². The van der Waals surface area contributed by atoms with E-state index in [4.69, 9.17) is 16.3 Å². The Kier molecular flexibility index (Phi) is 6.80. The average Bonchev–Trinajstić information content (AvgIpc) is 3.56. The van der Waals surface area contributed by atoms with Crippen LogP contribution in [0.2, 0.25) is 5.02 Å². The number of anilines is 3. The molecular weight excluding hydrogens is 532 g/mol. The van der Waals surface area contributed by atoms with E-state index in [2.05, 4.69) is 15.6 Å². The molecule has 0 saturated heterocycles. The van der Waals surface area contributed by atoms with E-state index in [-0.39, 0.29) is 10.8 Å². The number of halogens is 1. The van der Waals surface area contributed by atoms with Crippen molar-refractivity contribution >= 4 is 55.4 Å². The molecule has 2 heterocycles. The Hall–Kier alpha value is -3.60. The maximum Gasteiger partial charge on any atom is 0.264 e. The molecule has 0 bridgehead atoms. The Morgan fingerprint density at radius 3 is 2.59 bits per heavy atom. The quantitative estimate of drug-likeness (QED) is 0.312. The number of hydrogen-bond donors (Lipinski definition) is 2. The van der Waals surface area contributed by atoms with E-state index in [0.29, 0.717) is 40.7 Å². The first-order valence-electron chi connectivity index (χ1n) is 11.3. The summed E-state index contributed by atoms with van der Waals surface area (Å²) in [6.45, 7) is 0.295. The van der Waals surface area contributed by atoms with Crippen molar-refractivity contribution in [3.63, 3.8) is 0 Å². The topological polar surface area (TPSA) is 101 Å². The van der Waals surface area contributed by atoms with E-state index in [1.54, 1.807) is 36.4 Å². The second-order valence-corrected chi connectivity index (χ2v) is 11.4. The van der Waals surface area contributed by atoms with Gasteiger partial charge in [0.1, 0.15) is 5.75 Å². The molecule has 5 rings (SSSR count). The lowest BCUT2D eigenvalue weighted by Crippen LogP contribution is -2.29. The average molecular weight is 555 g/mol. The molecule has 1 aliphatic rings. The standard InChI is InChI=1S/C26H23ClN4O4S2/c1-28-26-30-22(15-36-26)16-4-10-24(35-2)21(14-16)29-25(32)18-3-9-23-17(13-18)11-12-31(23)37(33,34)20-7-5-19(27)6-8-20/h3-10,13-15H,11-12H2,1-2H3,(H,28,30)(H,29,32). The van der Waals surface area contributed by atoms with E-state index in [9.17, 15) is 13.2 Å². The molecule has 1 amide bonds. The molecule has 0 unspecified atom stereocenters. The van der Waals surface area contributed by atoms with Gasteiger partial charge in [0.15, 0.2) is 5.13 Å². The van der Waals surface area contributed by atoms with Gasteiger partial charge in [0.25, 0.3) is 15.9 Å². The molecule has 0 atom stereocenters. The molecule has 190 valence electrons. The molecule has 0 aliphatic carbocycles. The Labute approximate surface area is 223 Å². The third-order valence-electron chi connectivity index (χ3n) is 6.06. The lowest BCUT2D eigenvalue weighted by Gasteiger charge is -2.20. The monoisotopic (exact) mass is 554 g/mol. The number of methoxy groups -OCH3 is 1. The van der Waals surface area contributed by atoms with Gasteiger partial charge in [0.2, 0.25) is 0 Å². The predicted octanol–water partition coefficient (Wildman–Crippen LogP) is 5.52. The Bertz CT molecular complexity index is 1590. The maximum atomic E-state index is 13.2. The van der Waals surface area contributed by atoms with Crippen molar-refractivity contribution in [1.82, 2.24) is 4.98 Å². The van der Waals surface area contributed by atoms with Crippen LogP contribution in [-0.2, 0) is 16.4 Å². The minimum absolute atomic E-state index is 0.167. The molecule has 0 saturated carbocycles. The highest BCUT2D eigenvalue weighted by atomic mass is 35.5. The highest BCUT2D eigenvalue weighted by Crippen LogP contribution is 2.35. The van der Waals surface area contributed by atoms with Gasteiger partial charge in [-0.25, -0.2) is 13.4 Å². The summed E-state index contributed by atoms with van der Waals surface area (Å²) in [5, 5.41) is 9.14. The number of nitrogens with zero attached hydrogens (tertiary/aromatic N) is 2. The Morgan fingerprint density at radius 2 is 1.89 bits per heavy atom. The highest BCUT2D eigenvalue weighted by molar-refractivity contribution is 7.92. The second kappa shape index (κ2) is 10.0. The number of aromatic nitrogens is 1. The molecule has 3 aromatic carbocycles. The smallest absolute Gasteiger partial charge is 0.264 e. The molecule has 1 aromatic heterocycles. The van der Waals surface area contributed by atoms with Crippen LogP contribution in [0.4, 0.5) is 16.5 Å².